The third-order valence-corrected chi connectivity index (χ3v) is 2.62. The van der Waals surface area contributed by atoms with Gasteiger partial charge in [-0.15, -0.1) is 0 Å². The van der Waals surface area contributed by atoms with Gasteiger partial charge in [0.15, 0.2) is 0 Å². The molecular weight excluding hydrogens is 214 g/mol. The predicted octanol–water partition coefficient (Wildman–Crippen LogP) is 2.61. The van der Waals surface area contributed by atoms with Gasteiger partial charge in [-0.3, -0.25) is 0 Å². The molecule has 2 N–H and O–H groups in total. The molecule has 0 unspecified atom stereocenters. The zero-order valence-electron chi connectivity index (χ0n) is 8.37. The Morgan fingerprint density at radius 2 is 2.20 bits per heavy atom. The van der Waals surface area contributed by atoms with E-state index in [2.05, 4.69) is 5.48 Å². The number of halogens is 1. The SMILES string of the molecule is ONCc1cc(Cl)cc(OCC2CC2)c1. The van der Waals surface area contributed by atoms with Crippen molar-refractivity contribution in [3.8, 4) is 5.75 Å². The van der Waals surface area contributed by atoms with E-state index in [1.807, 2.05) is 6.07 Å². The maximum absolute atomic E-state index is 8.60. The molecule has 15 heavy (non-hydrogen) atoms. The fraction of sp³-hybridized carbons (Fsp3) is 0.455. The van der Waals surface area contributed by atoms with Crippen molar-refractivity contribution in [1.82, 2.24) is 5.48 Å². The van der Waals surface area contributed by atoms with Crippen molar-refractivity contribution in [2.75, 3.05) is 6.61 Å². The van der Waals surface area contributed by atoms with E-state index in [1.54, 1.807) is 12.1 Å². The highest BCUT2D eigenvalue weighted by Crippen LogP contribution is 2.30. The number of hydroxylamine groups is 1. The molecule has 0 radical (unpaired) electrons. The fourth-order valence-corrected chi connectivity index (χ4v) is 1.64. The molecule has 82 valence electrons. The third-order valence-electron chi connectivity index (χ3n) is 2.40. The Bertz CT molecular complexity index is 339. The largest absolute Gasteiger partial charge is 0.493 e. The second kappa shape index (κ2) is 4.84. The smallest absolute Gasteiger partial charge is 0.121 e. The molecule has 0 atom stereocenters. The van der Waals surface area contributed by atoms with Crippen molar-refractivity contribution in [3.63, 3.8) is 0 Å². The zero-order valence-corrected chi connectivity index (χ0v) is 9.13. The Labute approximate surface area is 94.0 Å². The maximum Gasteiger partial charge on any atom is 0.121 e. The van der Waals surface area contributed by atoms with Crippen LogP contribution in [-0.2, 0) is 6.54 Å². The minimum Gasteiger partial charge on any atom is -0.493 e. The first-order chi connectivity index (χ1) is 7.28. The van der Waals surface area contributed by atoms with Crippen LogP contribution in [0.2, 0.25) is 5.02 Å². The number of benzene rings is 1. The Balaban J connectivity index is 2.00. The standard InChI is InChI=1S/C11H14ClNO2/c12-10-3-9(6-13-14)4-11(5-10)15-7-8-1-2-8/h3-5,8,13-14H,1-2,6-7H2. The maximum atomic E-state index is 8.60. The van der Waals surface area contributed by atoms with Gasteiger partial charge in [0.05, 0.1) is 6.61 Å². The lowest BCUT2D eigenvalue weighted by molar-refractivity contribution is 0.161. The summed E-state index contributed by atoms with van der Waals surface area (Å²) in [5.41, 5.74) is 3.01. The van der Waals surface area contributed by atoms with Crippen LogP contribution >= 0.6 is 11.6 Å². The lowest BCUT2D eigenvalue weighted by Gasteiger charge is -2.08. The van der Waals surface area contributed by atoms with E-state index in [0.29, 0.717) is 11.6 Å². The summed E-state index contributed by atoms with van der Waals surface area (Å²) in [6.07, 6.45) is 2.54. The van der Waals surface area contributed by atoms with Crippen molar-refractivity contribution in [3.05, 3.63) is 28.8 Å². The molecule has 0 bridgehead atoms. The second-order valence-electron chi connectivity index (χ2n) is 3.88. The lowest BCUT2D eigenvalue weighted by Crippen LogP contribution is -2.06. The summed E-state index contributed by atoms with van der Waals surface area (Å²) in [6.45, 7) is 1.15. The molecule has 1 saturated carbocycles. The summed E-state index contributed by atoms with van der Waals surface area (Å²) in [7, 11) is 0. The van der Waals surface area contributed by atoms with Gasteiger partial charge in [-0.2, -0.15) is 0 Å². The van der Waals surface area contributed by atoms with Crippen LogP contribution in [0.5, 0.6) is 5.75 Å². The molecule has 4 heteroatoms. The first kappa shape index (κ1) is 10.7. The molecule has 0 aliphatic heterocycles. The van der Waals surface area contributed by atoms with Gasteiger partial charge < -0.3 is 9.94 Å². The quantitative estimate of drug-likeness (QED) is 0.760. The predicted molar refractivity (Wildman–Crippen MR) is 58.3 cm³/mol. The van der Waals surface area contributed by atoms with Gasteiger partial charge in [0.25, 0.3) is 0 Å². The van der Waals surface area contributed by atoms with Crippen LogP contribution < -0.4 is 10.2 Å². The monoisotopic (exact) mass is 227 g/mol. The van der Waals surface area contributed by atoms with E-state index in [-0.39, 0.29) is 0 Å². The zero-order chi connectivity index (χ0) is 10.7. The van der Waals surface area contributed by atoms with Crippen LogP contribution in [0.3, 0.4) is 0 Å². The minimum absolute atomic E-state index is 0.375. The molecule has 1 aromatic rings. The number of nitrogens with one attached hydrogen (secondary N) is 1. The highest BCUT2D eigenvalue weighted by molar-refractivity contribution is 6.30. The summed E-state index contributed by atoms with van der Waals surface area (Å²) >= 11 is 5.93. The van der Waals surface area contributed by atoms with Gasteiger partial charge in [0.1, 0.15) is 5.75 Å². The van der Waals surface area contributed by atoms with Crippen molar-refractivity contribution >= 4 is 11.6 Å². The average Bonchev–Trinajstić information content (AvgIpc) is 2.98. The van der Waals surface area contributed by atoms with Gasteiger partial charge in [-0.1, -0.05) is 11.6 Å². The minimum atomic E-state index is 0.375. The van der Waals surface area contributed by atoms with E-state index in [9.17, 15) is 0 Å². The highest BCUT2D eigenvalue weighted by atomic mass is 35.5. The van der Waals surface area contributed by atoms with E-state index in [1.165, 1.54) is 12.8 Å². The lowest BCUT2D eigenvalue weighted by atomic mass is 10.2. The number of rotatable bonds is 5. The Morgan fingerprint density at radius 3 is 2.87 bits per heavy atom. The summed E-state index contributed by atoms with van der Waals surface area (Å²) in [5.74, 6) is 1.50. The van der Waals surface area contributed by atoms with E-state index < -0.39 is 0 Å². The van der Waals surface area contributed by atoms with Crippen molar-refractivity contribution in [2.45, 2.75) is 19.4 Å². The highest BCUT2D eigenvalue weighted by Gasteiger charge is 2.21. The molecule has 1 aromatic carbocycles. The second-order valence-corrected chi connectivity index (χ2v) is 4.32. The first-order valence-corrected chi connectivity index (χ1v) is 5.45. The molecule has 1 aliphatic rings. The van der Waals surface area contributed by atoms with Crippen LogP contribution in [0, 0.1) is 5.92 Å². The Morgan fingerprint density at radius 1 is 1.40 bits per heavy atom. The van der Waals surface area contributed by atoms with Crippen molar-refractivity contribution in [2.24, 2.45) is 5.92 Å². The van der Waals surface area contributed by atoms with Crippen LogP contribution in [0.4, 0.5) is 0 Å². The molecule has 2 rings (SSSR count). The summed E-state index contributed by atoms with van der Waals surface area (Å²) in [6, 6.07) is 5.48. The Kier molecular flexibility index (Phi) is 3.46. The fourth-order valence-electron chi connectivity index (χ4n) is 1.40. The third kappa shape index (κ3) is 3.38. The van der Waals surface area contributed by atoms with Crippen molar-refractivity contribution < 1.29 is 9.94 Å². The van der Waals surface area contributed by atoms with Gasteiger partial charge in [-0.05, 0) is 42.5 Å². The van der Waals surface area contributed by atoms with Crippen LogP contribution in [0.1, 0.15) is 18.4 Å². The summed E-state index contributed by atoms with van der Waals surface area (Å²) < 4.78 is 5.60. The van der Waals surface area contributed by atoms with Gasteiger partial charge >= 0.3 is 0 Å². The molecule has 0 spiro atoms. The number of ether oxygens (including phenoxy) is 1. The summed E-state index contributed by atoms with van der Waals surface area (Å²) in [5, 5.41) is 9.23. The molecule has 1 aliphatic carbocycles. The van der Waals surface area contributed by atoms with Gasteiger partial charge in [0, 0.05) is 11.6 Å². The topological polar surface area (TPSA) is 41.5 Å². The van der Waals surface area contributed by atoms with Crippen LogP contribution in [0.15, 0.2) is 18.2 Å². The van der Waals surface area contributed by atoms with Crippen LogP contribution in [-0.4, -0.2) is 11.8 Å². The molecule has 3 nitrogen and oxygen atoms in total. The van der Waals surface area contributed by atoms with Gasteiger partial charge in [0.2, 0.25) is 0 Å². The number of hydrogen-bond acceptors (Lipinski definition) is 3. The van der Waals surface area contributed by atoms with E-state index in [4.69, 9.17) is 21.5 Å². The normalized spacial score (nSPS) is 15.3. The number of hydrogen-bond donors (Lipinski definition) is 2. The molecule has 0 aromatic heterocycles. The first-order valence-electron chi connectivity index (χ1n) is 5.07. The Hall–Kier alpha value is -0.770. The van der Waals surface area contributed by atoms with E-state index in [0.717, 1.165) is 23.8 Å². The molecule has 0 amide bonds. The molecule has 1 fully saturated rings. The van der Waals surface area contributed by atoms with Gasteiger partial charge in [-0.25, -0.2) is 5.48 Å². The van der Waals surface area contributed by atoms with Crippen molar-refractivity contribution in [1.29, 1.82) is 0 Å². The summed E-state index contributed by atoms with van der Waals surface area (Å²) in [4.78, 5) is 0. The molecular formula is C11H14ClNO2. The molecule has 0 saturated heterocycles. The van der Waals surface area contributed by atoms with Crippen LogP contribution in [0.25, 0.3) is 0 Å². The average molecular weight is 228 g/mol. The molecule has 0 heterocycles. The van der Waals surface area contributed by atoms with E-state index >= 15 is 0 Å².